The number of amides is 1. The number of carbonyl (C=O) groups excluding carboxylic acids is 1. The van der Waals surface area contributed by atoms with Crippen molar-refractivity contribution in [1.29, 1.82) is 0 Å². The van der Waals surface area contributed by atoms with E-state index in [4.69, 9.17) is 4.74 Å². The minimum Gasteiger partial charge on any atom is -0.455 e. The number of pyridine rings is 1. The summed E-state index contributed by atoms with van der Waals surface area (Å²) in [6.07, 6.45) is -0.108. The monoisotopic (exact) mass is 543 g/mol. The Morgan fingerprint density at radius 1 is 1.21 bits per heavy atom. The Balaban J connectivity index is 2.03. The number of benzene rings is 1. The maximum absolute atomic E-state index is 15.6. The molecular formula is C28H31F2N3O4S. The standard InChI is InChI=1S/C28H31F2N3O4S/c1-8-31-26(34)19-11-17-18(12-33(7)27(35)20(17)32-19)24-22(15(4)23(38-24)25(30)28(5,6)36)37-21-13(2)9-16(29)10-14(21)3/h9-12,25,32,36H,8H2,1-7H3,(H,31,34). The van der Waals surface area contributed by atoms with Gasteiger partial charge < -0.3 is 24.7 Å². The second-order valence-electron chi connectivity index (χ2n) is 10.0. The number of thiophene rings is 1. The molecule has 4 rings (SSSR count). The van der Waals surface area contributed by atoms with Crippen LogP contribution in [0.25, 0.3) is 21.3 Å². The molecule has 202 valence electrons. The first-order valence-electron chi connectivity index (χ1n) is 12.2. The molecule has 0 spiro atoms. The lowest BCUT2D eigenvalue weighted by atomic mass is 9.99. The third-order valence-corrected chi connectivity index (χ3v) is 7.74. The van der Waals surface area contributed by atoms with Crippen LogP contribution in [0.4, 0.5) is 8.78 Å². The van der Waals surface area contributed by atoms with Crippen LogP contribution in [0.3, 0.4) is 0 Å². The van der Waals surface area contributed by atoms with Crippen molar-refractivity contribution in [2.24, 2.45) is 7.05 Å². The number of aromatic amines is 1. The van der Waals surface area contributed by atoms with E-state index in [1.807, 2.05) is 0 Å². The van der Waals surface area contributed by atoms with Gasteiger partial charge in [0.1, 0.15) is 28.5 Å². The van der Waals surface area contributed by atoms with E-state index in [9.17, 15) is 19.1 Å². The fourth-order valence-corrected chi connectivity index (χ4v) is 5.85. The van der Waals surface area contributed by atoms with E-state index in [1.165, 1.54) is 30.5 Å². The Morgan fingerprint density at radius 3 is 2.42 bits per heavy atom. The molecule has 3 N–H and O–H groups in total. The molecule has 38 heavy (non-hydrogen) atoms. The van der Waals surface area contributed by atoms with Gasteiger partial charge in [0, 0.05) is 41.2 Å². The summed E-state index contributed by atoms with van der Waals surface area (Å²) in [4.78, 5) is 29.2. The predicted molar refractivity (Wildman–Crippen MR) is 146 cm³/mol. The van der Waals surface area contributed by atoms with Gasteiger partial charge in [-0.2, -0.15) is 0 Å². The van der Waals surface area contributed by atoms with Crippen LogP contribution in [-0.2, 0) is 7.05 Å². The van der Waals surface area contributed by atoms with Crippen molar-refractivity contribution in [2.75, 3.05) is 6.54 Å². The molecule has 1 unspecified atom stereocenters. The van der Waals surface area contributed by atoms with Crippen molar-refractivity contribution in [3.05, 3.63) is 67.8 Å². The lowest BCUT2D eigenvalue weighted by Gasteiger charge is -2.22. The lowest BCUT2D eigenvalue weighted by Crippen LogP contribution is -2.25. The van der Waals surface area contributed by atoms with Gasteiger partial charge in [0.2, 0.25) is 0 Å². The summed E-state index contributed by atoms with van der Waals surface area (Å²) in [5.74, 6) is -0.00176. The number of halogens is 2. The quantitative estimate of drug-likeness (QED) is 0.267. The van der Waals surface area contributed by atoms with Gasteiger partial charge in [0.25, 0.3) is 11.5 Å². The molecule has 7 nitrogen and oxygen atoms in total. The highest BCUT2D eigenvalue weighted by atomic mass is 32.1. The molecule has 3 aromatic heterocycles. The zero-order valence-corrected chi connectivity index (χ0v) is 23.2. The normalized spacial score (nSPS) is 12.7. The van der Waals surface area contributed by atoms with Gasteiger partial charge >= 0.3 is 0 Å². The smallest absolute Gasteiger partial charge is 0.274 e. The molecule has 0 saturated heterocycles. The molecule has 0 fully saturated rings. The number of hydrogen-bond donors (Lipinski definition) is 3. The highest BCUT2D eigenvalue weighted by Gasteiger charge is 2.34. The van der Waals surface area contributed by atoms with Crippen LogP contribution in [0.2, 0.25) is 0 Å². The summed E-state index contributed by atoms with van der Waals surface area (Å²) >= 11 is 1.10. The molecule has 0 aliphatic heterocycles. The lowest BCUT2D eigenvalue weighted by molar-refractivity contribution is -0.00286. The van der Waals surface area contributed by atoms with Crippen molar-refractivity contribution in [3.63, 3.8) is 0 Å². The highest BCUT2D eigenvalue weighted by Crippen LogP contribution is 2.50. The maximum Gasteiger partial charge on any atom is 0.274 e. The summed E-state index contributed by atoms with van der Waals surface area (Å²) in [7, 11) is 1.59. The second-order valence-corrected chi connectivity index (χ2v) is 11.1. The minimum absolute atomic E-state index is 0.215. The van der Waals surface area contributed by atoms with E-state index in [0.717, 1.165) is 11.3 Å². The Labute approximate surface area is 223 Å². The number of H-pyrrole nitrogens is 1. The van der Waals surface area contributed by atoms with Crippen molar-refractivity contribution in [1.82, 2.24) is 14.9 Å². The largest absolute Gasteiger partial charge is 0.455 e. The second kappa shape index (κ2) is 9.99. The summed E-state index contributed by atoms with van der Waals surface area (Å²) < 4.78 is 37.3. The van der Waals surface area contributed by atoms with Gasteiger partial charge in [-0.25, -0.2) is 8.78 Å². The molecule has 0 bridgehead atoms. The van der Waals surface area contributed by atoms with Crippen LogP contribution >= 0.6 is 11.3 Å². The number of nitrogens with zero attached hydrogens (tertiary/aromatic N) is 1. The van der Waals surface area contributed by atoms with Crippen LogP contribution in [-0.4, -0.2) is 32.7 Å². The molecule has 3 heterocycles. The molecule has 10 heteroatoms. The van der Waals surface area contributed by atoms with Gasteiger partial charge in [0.05, 0.1) is 10.5 Å². The fourth-order valence-electron chi connectivity index (χ4n) is 4.43. The van der Waals surface area contributed by atoms with Gasteiger partial charge in [-0.1, -0.05) is 0 Å². The Bertz CT molecular complexity index is 1590. The number of aryl methyl sites for hydroxylation is 3. The number of hydrogen-bond acceptors (Lipinski definition) is 5. The molecule has 0 saturated carbocycles. The molecule has 1 atom stereocenters. The third kappa shape index (κ3) is 4.86. The van der Waals surface area contributed by atoms with E-state index in [-0.39, 0.29) is 27.6 Å². The number of alkyl halides is 1. The molecular weight excluding hydrogens is 512 g/mol. The van der Waals surface area contributed by atoms with E-state index >= 15 is 4.39 Å². The van der Waals surface area contributed by atoms with Crippen molar-refractivity contribution >= 4 is 28.1 Å². The number of fused-ring (bicyclic) bond motifs is 1. The number of rotatable bonds is 7. The van der Waals surface area contributed by atoms with E-state index in [2.05, 4.69) is 10.3 Å². The average Bonchev–Trinajstić information content (AvgIpc) is 3.40. The molecule has 1 aromatic carbocycles. The topological polar surface area (TPSA) is 96.3 Å². The van der Waals surface area contributed by atoms with Crippen molar-refractivity contribution < 1.29 is 23.4 Å². The summed E-state index contributed by atoms with van der Waals surface area (Å²) in [6, 6.07) is 4.30. The highest BCUT2D eigenvalue weighted by molar-refractivity contribution is 7.16. The molecule has 0 aliphatic carbocycles. The number of ether oxygens (including phenoxy) is 1. The van der Waals surface area contributed by atoms with E-state index in [1.54, 1.807) is 47.0 Å². The first kappa shape index (κ1) is 27.5. The van der Waals surface area contributed by atoms with E-state index < -0.39 is 17.6 Å². The summed E-state index contributed by atoms with van der Waals surface area (Å²) in [6.45, 7) is 10.1. The van der Waals surface area contributed by atoms with Crippen LogP contribution < -0.4 is 15.6 Å². The average molecular weight is 544 g/mol. The zero-order chi connectivity index (χ0) is 28.1. The zero-order valence-electron chi connectivity index (χ0n) is 22.4. The minimum atomic E-state index is -1.72. The molecule has 0 radical (unpaired) electrons. The molecule has 4 aromatic rings. The predicted octanol–water partition coefficient (Wildman–Crippen LogP) is 5.98. The van der Waals surface area contributed by atoms with E-state index in [0.29, 0.717) is 50.6 Å². The number of carbonyl (C=O) groups is 1. The molecule has 0 aliphatic rings. The van der Waals surface area contributed by atoms with Gasteiger partial charge in [-0.3, -0.25) is 9.59 Å². The van der Waals surface area contributed by atoms with Crippen LogP contribution in [0.15, 0.2) is 29.2 Å². The van der Waals surface area contributed by atoms with Crippen LogP contribution in [0, 0.1) is 26.6 Å². The van der Waals surface area contributed by atoms with Crippen LogP contribution in [0.1, 0.15) is 59.0 Å². The van der Waals surface area contributed by atoms with Crippen molar-refractivity contribution in [2.45, 2.75) is 53.3 Å². The number of aromatic nitrogens is 2. The fraction of sp³-hybridized carbons (Fsp3) is 0.357. The first-order chi connectivity index (χ1) is 17.7. The summed E-state index contributed by atoms with van der Waals surface area (Å²) in [5.41, 5.74) is 0.583. The number of nitrogens with one attached hydrogen (secondary N) is 2. The number of aliphatic hydroxyl groups is 1. The third-order valence-electron chi connectivity index (χ3n) is 6.40. The molecule has 1 amide bonds. The first-order valence-corrected chi connectivity index (χ1v) is 13.0. The summed E-state index contributed by atoms with van der Waals surface area (Å²) in [5, 5.41) is 13.6. The van der Waals surface area contributed by atoms with Gasteiger partial charge in [0.15, 0.2) is 6.17 Å². The SMILES string of the molecule is CCNC(=O)c1cc2c(-c3sc(C(F)C(C)(C)O)c(C)c3Oc3c(C)cc(F)cc3C)cn(C)c(=O)c2[nH]1. The van der Waals surface area contributed by atoms with Gasteiger partial charge in [-0.15, -0.1) is 11.3 Å². The Hall–Kier alpha value is -3.50. The Morgan fingerprint density at radius 2 is 1.84 bits per heavy atom. The maximum atomic E-state index is 15.6. The Kier molecular flexibility index (Phi) is 7.24. The van der Waals surface area contributed by atoms with Gasteiger partial charge in [-0.05, 0) is 70.9 Å². The van der Waals surface area contributed by atoms with Crippen molar-refractivity contribution in [3.8, 4) is 21.9 Å². The van der Waals surface area contributed by atoms with Crippen LogP contribution in [0.5, 0.6) is 11.5 Å².